The van der Waals surface area contributed by atoms with Gasteiger partial charge in [-0.2, -0.15) is 0 Å². The third-order valence-electron chi connectivity index (χ3n) is 3.26. The van der Waals surface area contributed by atoms with Gasteiger partial charge in [-0.15, -0.1) is 0 Å². The first kappa shape index (κ1) is 12.8. The molecule has 0 amide bonds. The van der Waals surface area contributed by atoms with E-state index in [9.17, 15) is 0 Å². The summed E-state index contributed by atoms with van der Waals surface area (Å²) >= 11 is 0. The van der Waals surface area contributed by atoms with Crippen molar-refractivity contribution in [1.82, 2.24) is 0 Å². The summed E-state index contributed by atoms with van der Waals surface area (Å²) in [6.45, 7) is 14.9. The van der Waals surface area contributed by atoms with Crippen LogP contribution in [0.4, 0.5) is 5.69 Å². The molecule has 0 bridgehead atoms. The van der Waals surface area contributed by atoms with E-state index < -0.39 is 0 Å². The van der Waals surface area contributed by atoms with E-state index in [-0.39, 0.29) is 0 Å². The van der Waals surface area contributed by atoms with Crippen LogP contribution in [0.5, 0.6) is 0 Å². The minimum atomic E-state index is 0.566. The summed E-state index contributed by atoms with van der Waals surface area (Å²) in [7, 11) is 2.08. The van der Waals surface area contributed by atoms with Gasteiger partial charge >= 0.3 is 0 Å². The van der Waals surface area contributed by atoms with Crippen molar-refractivity contribution < 1.29 is 0 Å². The van der Waals surface area contributed by atoms with Crippen molar-refractivity contribution in [3.8, 4) is 0 Å². The Bertz CT molecular complexity index is 402. The molecule has 0 saturated carbocycles. The van der Waals surface area contributed by atoms with Crippen LogP contribution in [-0.4, -0.2) is 7.05 Å². The molecule has 0 atom stereocenters. The zero-order valence-electron chi connectivity index (χ0n) is 11.4. The highest BCUT2D eigenvalue weighted by molar-refractivity contribution is 5.60. The molecular formula is C15H23N. The number of hydrogen-bond acceptors (Lipinski definition) is 1. The summed E-state index contributed by atoms with van der Waals surface area (Å²) in [6, 6.07) is 4.57. The Kier molecular flexibility index (Phi) is 3.79. The van der Waals surface area contributed by atoms with E-state index >= 15 is 0 Å². The predicted molar refractivity (Wildman–Crippen MR) is 73.2 cm³/mol. The Balaban J connectivity index is 3.32. The van der Waals surface area contributed by atoms with Crippen LogP contribution in [0.15, 0.2) is 24.4 Å². The van der Waals surface area contributed by atoms with E-state index in [1.165, 1.54) is 22.4 Å². The van der Waals surface area contributed by atoms with Gasteiger partial charge in [-0.05, 0) is 49.4 Å². The second-order valence-corrected chi connectivity index (χ2v) is 4.93. The predicted octanol–water partition coefficient (Wildman–Crippen LogP) is 4.40. The van der Waals surface area contributed by atoms with Crippen molar-refractivity contribution >= 4 is 5.69 Å². The van der Waals surface area contributed by atoms with Gasteiger partial charge in [-0.3, -0.25) is 0 Å². The molecule has 0 radical (unpaired) electrons. The first-order valence-electron chi connectivity index (χ1n) is 5.85. The third-order valence-corrected chi connectivity index (χ3v) is 3.26. The molecule has 0 heterocycles. The molecule has 1 rings (SSSR count). The van der Waals surface area contributed by atoms with Crippen LogP contribution >= 0.6 is 0 Å². The molecule has 0 spiro atoms. The van der Waals surface area contributed by atoms with Gasteiger partial charge in [0.2, 0.25) is 0 Å². The monoisotopic (exact) mass is 217 g/mol. The van der Waals surface area contributed by atoms with Crippen molar-refractivity contribution in [2.75, 3.05) is 11.9 Å². The lowest BCUT2D eigenvalue weighted by atomic mass is 9.96. The highest BCUT2D eigenvalue weighted by Gasteiger charge is 2.10. The molecule has 0 aliphatic heterocycles. The number of rotatable bonds is 3. The van der Waals surface area contributed by atoms with Crippen molar-refractivity contribution in [2.24, 2.45) is 0 Å². The minimum Gasteiger partial charge on any atom is -0.349 e. The maximum atomic E-state index is 4.00. The van der Waals surface area contributed by atoms with Crippen molar-refractivity contribution in [1.29, 1.82) is 0 Å². The lowest BCUT2D eigenvalue weighted by molar-refractivity contribution is 0.862. The fourth-order valence-electron chi connectivity index (χ4n) is 1.76. The SMILES string of the molecule is C=C(C)N(C)c1cc(C(C)C)cc(C)c1C. The van der Waals surface area contributed by atoms with E-state index in [2.05, 4.69) is 58.4 Å². The summed E-state index contributed by atoms with van der Waals surface area (Å²) < 4.78 is 0. The van der Waals surface area contributed by atoms with Crippen molar-refractivity contribution in [3.63, 3.8) is 0 Å². The topological polar surface area (TPSA) is 3.24 Å². The lowest BCUT2D eigenvalue weighted by Gasteiger charge is -2.24. The zero-order valence-corrected chi connectivity index (χ0v) is 11.4. The Morgan fingerprint density at radius 1 is 1.25 bits per heavy atom. The molecule has 1 nitrogen and oxygen atoms in total. The second kappa shape index (κ2) is 4.73. The molecule has 16 heavy (non-hydrogen) atoms. The van der Waals surface area contributed by atoms with E-state index in [4.69, 9.17) is 0 Å². The highest BCUT2D eigenvalue weighted by atomic mass is 15.1. The van der Waals surface area contributed by atoms with Gasteiger partial charge in [-0.1, -0.05) is 26.5 Å². The van der Waals surface area contributed by atoms with E-state index in [0.29, 0.717) is 5.92 Å². The minimum absolute atomic E-state index is 0.566. The average molecular weight is 217 g/mol. The van der Waals surface area contributed by atoms with Crippen LogP contribution in [0.2, 0.25) is 0 Å². The van der Waals surface area contributed by atoms with Gasteiger partial charge < -0.3 is 4.90 Å². The number of hydrogen-bond donors (Lipinski definition) is 0. The number of aryl methyl sites for hydroxylation is 1. The molecule has 0 aliphatic rings. The van der Waals surface area contributed by atoms with E-state index in [1.807, 2.05) is 6.92 Å². The number of benzene rings is 1. The smallest absolute Gasteiger partial charge is 0.0440 e. The van der Waals surface area contributed by atoms with Gasteiger partial charge in [0.1, 0.15) is 0 Å². The molecular weight excluding hydrogens is 194 g/mol. The molecule has 0 aromatic heterocycles. The summed E-state index contributed by atoms with van der Waals surface area (Å²) in [4.78, 5) is 2.16. The van der Waals surface area contributed by atoms with Gasteiger partial charge in [-0.25, -0.2) is 0 Å². The van der Waals surface area contributed by atoms with Crippen LogP contribution in [0.25, 0.3) is 0 Å². The van der Waals surface area contributed by atoms with Gasteiger partial charge in [0.05, 0.1) is 0 Å². The fourth-order valence-corrected chi connectivity index (χ4v) is 1.76. The third kappa shape index (κ3) is 2.46. The number of nitrogens with zero attached hydrogens (tertiary/aromatic N) is 1. The Labute approximate surface area is 99.8 Å². The van der Waals surface area contributed by atoms with Crippen LogP contribution in [0.3, 0.4) is 0 Å². The lowest BCUT2D eigenvalue weighted by Crippen LogP contribution is -2.15. The van der Waals surface area contributed by atoms with Crippen LogP contribution in [0.1, 0.15) is 43.4 Å². The molecule has 0 fully saturated rings. The second-order valence-electron chi connectivity index (χ2n) is 4.93. The van der Waals surface area contributed by atoms with Crippen LogP contribution in [0, 0.1) is 13.8 Å². The van der Waals surface area contributed by atoms with Gasteiger partial charge in [0.15, 0.2) is 0 Å². The molecule has 0 aliphatic carbocycles. The molecule has 0 N–H and O–H groups in total. The Morgan fingerprint density at radius 2 is 1.81 bits per heavy atom. The standard InChI is InChI=1S/C15H23N/c1-10(2)14-8-12(5)13(6)15(9-14)16(7)11(3)4/h8-10H,3H2,1-2,4-7H3. The average Bonchev–Trinajstić information content (AvgIpc) is 2.20. The molecule has 1 aromatic rings. The molecule has 0 saturated heterocycles. The molecule has 1 heteroatoms. The van der Waals surface area contributed by atoms with Crippen LogP contribution in [-0.2, 0) is 0 Å². The normalized spacial score (nSPS) is 10.7. The molecule has 1 aromatic carbocycles. The first-order chi connectivity index (χ1) is 7.34. The number of anilines is 1. The summed E-state index contributed by atoms with van der Waals surface area (Å²) in [6.07, 6.45) is 0. The summed E-state index contributed by atoms with van der Waals surface area (Å²) in [5, 5.41) is 0. The number of allylic oxidation sites excluding steroid dienone is 1. The molecule has 88 valence electrons. The van der Waals surface area contributed by atoms with E-state index in [0.717, 1.165) is 5.70 Å². The molecule has 0 unspecified atom stereocenters. The van der Waals surface area contributed by atoms with E-state index in [1.54, 1.807) is 0 Å². The van der Waals surface area contributed by atoms with Gasteiger partial charge in [0.25, 0.3) is 0 Å². The maximum absolute atomic E-state index is 4.00. The fraction of sp³-hybridized carbons (Fsp3) is 0.467. The Morgan fingerprint density at radius 3 is 2.25 bits per heavy atom. The summed E-state index contributed by atoms with van der Waals surface area (Å²) in [5.41, 5.74) is 6.44. The maximum Gasteiger partial charge on any atom is 0.0440 e. The van der Waals surface area contributed by atoms with Gasteiger partial charge in [0, 0.05) is 18.4 Å². The van der Waals surface area contributed by atoms with Crippen molar-refractivity contribution in [2.45, 2.75) is 40.5 Å². The Hall–Kier alpha value is -1.24. The zero-order chi connectivity index (χ0) is 12.5. The summed E-state index contributed by atoms with van der Waals surface area (Å²) in [5.74, 6) is 0.566. The first-order valence-corrected chi connectivity index (χ1v) is 5.85. The van der Waals surface area contributed by atoms with Crippen LogP contribution < -0.4 is 4.90 Å². The largest absolute Gasteiger partial charge is 0.349 e. The van der Waals surface area contributed by atoms with Crippen molar-refractivity contribution in [3.05, 3.63) is 41.1 Å². The quantitative estimate of drug-likeness (QED) is 0.725. The highest BCUT2D eigenvalue weighted by Crippen LogP contribution is 2.29.